The van der Waals surface area contributed by atoms with Gasteiger partial charge in [0.1, 0.15) is 13.2 Å². The molecule has 25 heavy (non-hydrogen) atoms. The third-order valence-corrected chi connectivity index (χ3v) is 6.14. The lowest BCUT2D eigenvalue weighted by molar-refractivity contribution is -0.131. The minimum atomic E-state index is -3.56. The molecule has 0 bridgehead atoms. The summed E-state index contributed by atoms with van der Waals surface area (Å²) in [6.45, 7) is 1.92. The number of likely N-dealkylation sites (tertiary alicyclic amines) is 1. The number of carbonyl (C=O) groups excluding carboxylic acids is 1. The van der Waals surface area contributed by atoms with Gasteiger partial charge in [0.25, 0.3) is 0 Å². The Balaban J connectivity index is 0.00000225. The topological polar surface area (TPSA) is 98.9 Å². The van der Waals surface area contributed by atoms with Gasteiger partial charge in [-0.3, -0.25) is 4.79 Å². The zero-order chi connectivity index (χ0) is 17.2. The number of sulfone groups is 1. The van der Waals surface area contributed by atoms with Crippen molar-refractivity contribution in [2.24, 2.45) is 5.73 Å². The molecule has 1 atom stereocenters. The van der Waals surface area contributed by atoms with Crippen molar-refractivity contribution >= 4 is 28.2 Å². The number of fused-ring (bicyclic) bond motifs is 1. The lowest BCUT2D eigenvalue weighted by atomic mass is 10.2. The predicted octanol–water partition coefficient (Wildman–Crippen LogP) is 0.993. The Kier molecular flexibility index (Phi) is 6.53. The van der Waals surface area contributed by atoms with E-state index in [2.05, 4.69) is 0 Å². The standard InChI is InChI=1S/C16H22N2O5S.ClH/c17-11-12-2-1-6-18(12)16(19)5-9-24(20,21)13-3-4-14-15(10-13)23-8-7-22-14;/h3-4,10,12H,1-2,5-9,11,17H2;1H. The maximum absolute atomic E-state index is 12.5. The van der Waals surface area contributed by atoms with Crippen LogP contribution in [0, 0.1) is 0 Å². The molecule has 1 unspecified atom stereocenters. The van der Waals surface area contributed by atoms with Gasteiger partial charge in [-0.05, 0) is 25.0 Å². The first-order valence-electron chi connectivity index (χ1n) is 8.13. The van der Waals surface area contributed by atoms with E-state index < -0.39 is 9.84 Å². The van der Waals surface area contributed by atoms with Crippen molar-refractivity contribution in [2.45, 2.75) is 30.2 Å². The highest BCUT2D eigenvalue weighted by Crippen LogP contribution is 2.32. The first-order chi connectivity index (χ1) is 11.5. The fourth-order valence-electron chi connectivity index (χ4n) is 3.11. The summed E-state index contributed by atoms with van der Waals surface area (Å²) in [6, 6.07) is 4.59. The highest BCUT2D eigenvalue weighted by atomic mass is 35.5. The second-order valence-electron chi connectivity index (χ2n) is 5.99. The Bertz CT molecular complexity index is 725. The number of ether oxygens (including phenoxy) is 2. The van der Waals surface area contributed by atoms with Crippen LogP contribution in [0.15, 0.2) is 23.1 Å². The minimum absolute atomic E-state index is 0. The summed E-state index contributed by atoms with van der Waals surface area (Å²) >= 11 is 0. The fourth-order valence-corrected chi connectivity index (χ4v) is 4.35. The molecule has 7 nitrogen and oxygen atoms in total. The van der Waals surface area contributed by atoms with Crippen LogP contribution in [0.5, 0.6) is 11.5 Å². The van der Waals surface area contributed by atoms with Gasteiger partial charge in [0.05, 0.1) is 10.6 Å². The molecule has 1 aromatic carbocycles. The molecular formula is C16H23ClN2O5S. The molecule has 2 aliphatic heterocycles. The van der Waals surface area contributed by atoms with Crippen molar-refractivity contribution < 1.29 is 22.7 Å². The van der Waals surface area contributed by atoms with Crippen molar-refractivity contribution in [1.29, 1.82) is 0 Å². The van der Waals surface area contributed by atoms with Crippen LogP contribution in [0.4, 0.5) is 0 Å². The van der Waals surface area contributed by atoms with Gasteiger partial charge in [-0.25, -0.2) is 8.42 Å². The minimum Gasteiger partial charge on any atom is -0.486 e. The summed E-state index contributed by atoms with van der Waals surface area (Å²) in [5, 5.41) is 0. The molecular weight excluding hydrogens is 368 g/mol. The number of carbonyl (C=O) groups is 1. The lowest BCUT2D eigenvalue weighted by Crippen LogP contribution is -2.40. The van der Waals surface area contributed by atoms with Crippen molar-refractivity contribution in [1.82, 2.24) is 4.90 Å². The second-order valence-corrected chi connectivity index (χ2v) is 8.10. The molecule has 0 radical (unpaired) electrons. The third-order valence-electron chi connectivity index (χ3n) is 4.43. The van der Waals surface area contributed by atoms with Crippen LogP contribution in [-0.4, -0.2) is 57.3 Å². The number of nitrogens with two attached hydrogens (primary N) is 1. The second kappa shape index (κ2) is 8.25. The van der Waals surface area contributed by atoms with Crippen molar-refractivity contribution in [3.05, 3.63) is 18.2 Å². The third kappa shape index (κ3) is 4.37. The Morgan fingerprint density at radius 2 is 1.96 bits per heavy atom. The number of rotatable bonds is 5. The molecule has 1 saturated heterocycles. The van der Waals surface area contributed by atoms with Crippen molar-refractivity contribution in [2.75, 3.05) is 32.1 Å². The van der Waals surface area contributed by atoms with E-state index in [9.17, 15) is 13.2 Å². The molecule has 0 aromatic heterocycles. The summed E-state index contributed by atoms with van der Waals surface area (Å²) in [6.07, 6.45) is 1.77. The maximum Gasteiger partial charge on any atom is 0.223 e. The molecule has 1 fully saturated rings. The normalized spacial score (nSPS) is 19.4. The van der Waals surface area contributed by atoms with Gasteiger partial charge < -0.3 is 20.1 Å². The lowest BCUT2D eigenvalue weighted by Gasteiger charge is -2.23. The molecule has 1 amide bonds. The Morgan fingerprint density at radius 1 is 1.24 bits per heavy atom. The van der Waals surface area contributed by atoms with Gasteiger partial charge in [-0.1, -0.05) is 0 Å². The molecule has 0 spiro atoms. The zero-order valence-electron chi connectivity index (χ0n) is 13.8. The van der Waals surface area contributed by atoms with E-state index in [0.717, 1.165) is 12.8 Å². The van der Waals surface area contributed by atoms with E-state index in [4.69, 9.17) is 15.2 Å². The number of benzene rings is 1. The smallest absolute Gasteiger partial charge is 0.223 e. The number of halogens is 1. The summed E-state index contributed by atoms with van der Waals surface area (Å²) in [5.74, 6) is 0.596. The first-order valence-corrected chi connectivity index (χ1v) is 9.78. The average Bonchev–Trinajstić information content (AvgIpc) is 3.08. The van der Waals surface area contributed by atoms with Crippen LogP contribution in [0.2, 0.25) is 0 Å². The molecule has 3 rings (SSSR count). The number of amides is 1. The van der Waals surface area contributed by atoms with Gasteiger partial charge in [-0.15, -0.1) is 12.4 Å². The predicted molar refractivity (Wildman–Crippen MR) is 95.1 cm³/mol. The number of nitrogens with zero attached hydrogens (tertiary/aromatic N) is 1. The van der Waals surface area contributed by atoms with Gasteiger partial charge in [-0.2, -0.15) is 0 Å². The van der Waals surface area contributed by atoms with Crippen LogP contribution in [0.1, 0.15) is 19.3 Å². The van der Waals surface area contributed by atoms with Gasteiger partial charge in [0.2, 0.25) is 5.91 Å². The molecule has 2 aliphatic rings. The van der Waals surface area contributed by atoms with E-state index in [1.807, 2.05) is 0 Å². The average molecular weight is 391 g/mol. The van der Waals surface area contributed by atoms with Crippen molar-refractivity contribution in [3.63, 3.8) is 0 Å². The Morgan fingerprint density at radius 3 is 2.68 bits per heavy atom. The molecule has 2 heterocycles. The highest BCUT2D eigenvalue weighted by molar-refractivity contribution is 7.91. The summed E-state index contributed by atoms with van der Waals surface area (Å²) in [7, 11) is -3.56. The van der Waals surface area contributed by atoms with Crippen LogP contribution >= 0.6 is 12.4 Å². The Labute approximate surface area is 153 Å². The zero-order valence-corrected chi connectivity index (χ0v) is 15.5. The first kappa shape index (κ1) is 19.8. The van der Waals surface area contributed by atoms with Crippen LogP contribution in [0.25, 0.3) is 0 Å². The van der Waals surface area contributed by atoms with E-state index in [-0.39, 0.29) is 41.4 Å². The van der Waals surface area contributed by atoms with Crippen molar-refractivity contribution in [3.8, 4) is 11.5 Å². The summed E-state index contributed by atoms with van der Waals surface area (Å²) in [5.41, 5.74) is 5.66. The van der Waals surface area contributed by atoms with Gasteiger partial charge in [0.15, 0.2) is 21.3 Å². The molecule has 2 N–H and O–H groups in total. The monoisotopic (exact) mass is 390 g/mol. The molecule has 140 valence electrons. The molecule has 0 saturated carbocycles. The van der Waals surface area contributed by atoms with Gasteiger partial charge >= 0.3 is 0 Å². The van der Waals surface area contributed by atoms with E-state index in [0.29, 0.717) is 37.8 Å². The summed E-state index contributed by atoms with van der Waals surface area (Å²) in [4.78, 5) is 14.1. The fraction of sp³-hybridized carbons (Fsp3) is 0.562. The maximum atomic E-state index is 12.5. The molecule has 0 aliphatic carbocycles. The van der Waals surface area contributed by atoms with Crippen LogP contribution in [-0.2, 0) is 14.6 Å². The highest BCUT2D eigenvalue weighted by Gasteiger charge is 2.28. The Hall–Kier alpha value is -1.51. The largest absolute Gasteiger partial charge is 0.486 e. The SMILES string of the molecule is Cl.NCC1CCCN1C(=O)CCS(=O)(=O)c1ccc2c(c1)OCCO2. The number of hydrogen-bond donors (Lipinski definition) is 1. The number of hydrogen-bond acceptors (Lipinski definition) is 6. The van der Waals surface area contributed by atoms with Crippen LogP contribution in [0.3, 0.4) is 0 Å². The molecule has 9 heteroatoms. The van der Waals surface area contributed by atoms with E-state index in [1.54, 1.807) is 11.0 Å². The van der Waals surface area contributed by atoms with E-state index in [1.165, 1.54) is 12.1 Å². The van der Waals surface area contributed by atoms with E-state index >= 15 is 0 Å². The molecule has 1 aromatic rings. The summed E-state index contributed by atoms with van der Waals surface area (Å²) < 4.78 is 35.8. The van der Waals surface area contributed by atoms with Crippen LogP contribution < -0.4 is 15.2 Å². The van der Waals surface area contributed by atoms with Gasteiger partial charge in [0, 0.05) is 31.6 Å². The quantitative estimate of drug-likeness (QED) is 0.805.